The maximum atomic E-state index is 12.5. The van der Waals surface area contributed by atoms with Crippen LogP contribution in [-0.2, 0) is 16.0 Å². The van der Waals surface area contributed by atoms with Crippen LogP contribution < -0.4 is 10.1 Å². The molecule has 3 rings (SSSR count). The summed E-state index contributed by atoms with van der Waals surface area (Å²) >= 11 is 0. The molecule has 0 atom stereocenters. The van der Waals surface area contributed by atoms with Crippen LogP contribution in [0.15, 0.2) is 24.3 Å². The van der Waals surface area contributed by atoms with Crippen LogP contribution in [-0.4, -0.2) is 67.5 Å². The van der Waals surface area contributed by atoms with Crippen LogP contribution >= 0.6 is 0 Å². The number of aryl methyl sites for hydroxylation is 1. The highest BCUT2D eigenvalue weighted by Gasteiger charge is 2.24. The number of nitrogens with zero attached hydrogens (tertiary/aromatic N) is 2. The van der Waals surface area contributed by atoms with Crippen molar-refractivity contribution >= 4 is 11.8 Å². The molecule has 1 aromatic carbocycles. The lowest BCUT2D eigenvalue weighted by Gasteiger charge is -2.35. The van der Waals surface area contributed by atoms with Gasteiger partial charge in [-0.2, -0.15) is 0 Å². The average Bonchev–Trinajstić information content (AvgIpc) is 2.79. The van der Waals surface area contributed by atoms with E-state index in [4.69, 9.17) is 4.74 Å². The summed E-state index contributed by atoms with van der Waals surface area (Å²) in [5.74, 6) is 2.05. The van der Waals surface area contributed by atoms with E-state index in [9.17, 15) is 9.59 Å². The molecule has 1 heterocycles. The molecule has 6 heteroatoms. The SMILES string of the molecule is COc1ccc(CCCCC(=O)N2CCN(CC(=O)NC3CCC(C)CC3)CC2)cc1. The number of amides is 2. The molecule has 0 aromatic heterocycles. The largest absolute Gasteiger partial charge is 0.497 e. The van der Waals surface area contributed by atoms with Crippen molar-refractivity contribution in [2.24, 2.45) is 5.92 Å². The molecule has 1 aromatic rings. The van der Waals surface area contributed by atoms with Gasteiger partial charge in [-0.15, -0.1) is 0 Å². The fourth-order valence-corrected chi connectivity index (χ4v) is 4.59. The van der Waals surface area contributed by atoms with E-state index in [0.717, 1.165) is 70.0 Å². The second-order valence-corrected chi connectivity index (χ2v) is 9.24. The fourth-order valence-electron chi connectivity index (χ4n) is 4.59. The van der Waals surface area contributed by atoms with E-state index in [2.05, 4.69) is 29.3 Å². The Hall–Kier alpha value is -2.08. The van der Waals surface area contributed by atoms with E-state index in [-0.39, 0.29) is 11.8 Å². The highest BCUT2D eigenvalue weighted by Crippen LogP contribution is 2.23. The minimum absolute atomic E-state index is 0.137. The Labute approximate surface area is 187 Å². The zero-order valence-electron chi connectivity index (χ0n) is 19.3. The number of unbranched alkanes of at least 4 members (excludes halogenated alkanes) is 1. The zero-order valence-corrected chi connectivity index (χ0v) is 19.3. The number of nitrogens with one attached hydrogen (secondary N) is 1. The second kappa shape index (κ2) is 12.1. The molecule has 0 radical (unpaired) electrons. The molecule has 1 aliphatic heterocycles. The molecule has 1 aliphatic carbocycles. The zero-order chi connectivity index (χ0) is 22.1. The highest BCUT2D eigenvalue weighted by atomic mass is 16.5. The molecule has 172 valence electrons. The number of rotatable bonds is 9. The van der Waals surface area contributed by atoms with Gasteiger partial charge in [-0.05, 0) is 68.6 Å². The summed E-state index contributed by atoms with van der Waals surface area (Å²) in [6, 6.07) is 8.49. The van der Waals surface area contributed by atoms with Crippen LogP contribution in [0.1, 0.15) is 57.4 Å². The van der Waals surface area contributed by atoms with Crippen molar-refractivity contribution in [2.45, 2.75) is 64.3 Å². The van der Waals surface area contributed by atoms with Crippen LogP contribution in [0.5, 0.6) is 5.75 Å². The first-order valence-electron chi connectivity index (χ1n) is 12.0. The van der Waals surface area contributed by atoms with Crippen molar-refractivity contribution in [3.05, 3.63) is 29.8 Å². The standard InChI is InChI=1S/C25H39N3O3/c1-20-7-11-22(12-8-20)26-24(29)19-27-15-17-28(18-16-27)25(30)6-4-3-5-21-9-13-23(31-2)14-10-21/h9-10,13-14,20,22H,3-8,11-12,15-19H2,1-2H3,(H,26,29). The molecule has 1 saturated heterocycles. The monoisotopic (exact) mass is 429 g/mol. The molecule has 0 unspecified atom stereocenters. The van der Waals surface area contributed by atoms with E-state index >= 15 is 0 Å². The number of hydrogen-bond donors (Lipinski definition) is 1. The first-order chi connectivity index (χ1) is 15.0. The number of piperazine rings is 1. The van der Waals surface area contributed by atoms with E-state index in [1.54, 1.807) is 7.11 Å². The number of hydrogen-bond acceptors (Lipinski definition) is 4. The van der Waals surface area contributed by atoms with Crippen molar-refractivity contribution < 1.29 is 14.3 Å². The number of carbonyl (C=O) groups excluding carboxylic acids is 2. The molecule has 0 spiro atoms. The van der Waals surface area contributed by atoms with Gasteiger partial charge in [0.2, 0.25) is 11.8 Å². The molecule has 0 bridgehead atoms. The molecule has 2 amide bonds. The predicted molar refractivity (Wildman–Crippen MR) is 123 cm³/mol. The summed E-state index contributed by atoms with van der Waals surface area (Å²) in [4.78, 5) is 29.0. The van der Waals surface area contributed by atoms with Crippen LogP contribution in [0.25, 0.3) is 0 Å². The molecule has 6 nitrogen and oxygen atoms in total. The summed E-state index contributed by atoms with van der Waals surface area (Å²) in [5.41, 5.74) is 1.28. The van der Waals surface area contributed by atoms with Gasteiger partial charge in [0.15, 0.2) is 0 Å². The van der Waals surface area contributed by atoms with Gasteiger partial charge in [0, 0.05) is 38.6 Å². The average molecular weight is 430 g/mol. The van der Waals surface area contributed by atoms with Crippen molar-refractivity contribution in [1.29, 1.82) is 0 Å². The number of ether oxygens (including phenoxy) is 1. The van der Waals surface area contributed by atoms with Crippen molar-refractivity contribution in [1.82, 2.24) is 15.1 Å². The van der Waals surface area contributed by atoms with Gasteiger partial charge in [-0.25, -0.2) is 0 Å². The first-order valence-corrected chi connectivity index (χ1v) is 12.0. The molecular weight excluding hydrogens is 390 g/mol. The van der Waals surface area contributed by atoms with E-state index in [0.29, 0.717) is 19.0 Å². The van der Waals surface area contributed by atoms with Crippen LogP contribution in [0.2, 0.25) is 0 Å². The van der Waals surface area contributed by atoms with Crippen LogP contribution in [0, 0.1) is 5.92 Å². The molecular formula is C25H39N3O3. The van der Waals surface area contributed by atoms with Crippen molar-refractivity contribution in [3.63, 3.8) is 0 Å². The highest BCUT2D eigenvalue weighted by molar-refractivity contribution is 5.78. The summed E-state index contributed by atoms with van der Waals surface area (Å²) in [6.07, 6.45) is 8.15. The van der Waals surface area contributed by atoms with E-state index in [1.165, 1.54) is 18.4 Å². The molecule has 31 heavy (non-hydrogen) atoms. The summed E-state index contributed by atoms with van der Waals surface area (Å²) in [5, 5.41) is 3.21. The maximum absolute atomic E-state index is 12.5. The third-order valence-electron chi connectivity index (χ3n) is 6.74. The predicted octanol–water partition coefficient (Wildman–Crippen LogP) is 3.25. The molecule has 1 saturated carbocycles. The Balaban J connectivity index is 1.27. The lowest BCUT2D eigenvalue weighted by atomic mass is 9.87. The lowest BCUT2D eigenvalue weighted by Crippen LogP contribution is -2.52. The summed E-state index contributed by atoms with van der Waals surface area (Å²) < 4.78 is 5.18. The maximum Gasteiger partial charge on any atom is 0.234 e. The van der Waals surface area contributed by atoms with Gasteiger partial charge < -0.3 is 15.0 Å². The summed E-state index contributed by atoms with van der Waals surface area (Å²) in [6.45, 7) is 5.77. The topological polar surface area (TPSA) is 61.9 Å². The minimum Gasteiger partial charge on any atom is -0.497 e. The third-order valence-corrected chi connectivity index (χ3v) is 6.74. The minimum atomic E-state index is 0.137. The van der Waals surface area contributed by atoms with Gasteiger partial charge in [0.25, 0.3) is 0 Å². The number of methoxy groups -OCH3 is 1. The van der Waals surface area contributed by atoms with Crippen molar-refractivity contribution in [2.75, 3.05) is 39.8 Å². The van der Waals surface area contributed by atoms with Gasteiger partial charge >= 0.3 is 0 Å². The third kappa shape index (κ3) is 7.84. The van der Waals surface area contributed by atoms with Gasteiger partial charge in [-0.1, -0.05) is 19.1 Å². The lowest BCUT2D eigenvalue weighted by molar-refractivity contribution is -0.133. The molecule has 2 fully saturated rings. The second-order valence-electron chi connectivity index (χ2n) is 9.24. The smallest absolute Gasteiger partial charge is 0.234 e. The van der Waals surface area contributed by atoms with Crippen molar-refractivity contribution in [3.8, 4) is 5.75 Å². The van der Waals surface area contributed by atoms with Gasteiger partial charge in [-0.3, -0.25) is 14.5 Å². The Bertz CT molecular complexity index is 690. The Morgan fingerprint density at radius 2 is 1.68 bits per heavy atom. The van der Waals surface area contributed by atoms with E-state index in [1.807, 2.05) is 17.0 Å². The van der Waals surface area contributed by atoms with Gasteiger partial charge in [0.05, 0.1) is 13.7 Å². The number of carbonyl (C=O) groups is 2. The normalized spacial score (nSPS) is 22.2. The quantitative estimate of drug-likeness (QED) is 0.612. The molecule has 2 aliphatic rings. The Morgan fingerprint density at radius 3 is 2.32 bits per heavy atom. The first kappa shape index (κ1) is 23.6. The number of benzene rings is 1. The van der Waals surface area contributed by atoms with Gasteiger partial charge in [0.1, 0.15) is 5.75 Å². The Morgan fingerprint density at radius 1 is 1.00 bits per heavy atom. The fraction of sp³-hybridized carbons (Fsp3) is 0.680. The molecule has 1 N–H and O–H groups in total. The summed E-state index contributed by atoms with van der Waals surface area (Å²) in [7, 11) is 1.67. The van der Waals surface area contributed by atoms with Crippen LogP contribution in [0.3, 0.4) is 0 Å². The van der Waals surface area contributed by atoms with Crippen LogP contribution in [0.4, 0.5) is 0 Å². The van der Waals surface area contributed by atoms with E-state index < -0.39 is 0 Å². The Kier molecular flexibility index (Phi) is 9.19.